The predicted molar refractivity (Wildman–Crippen MR) is 98.8 cm³/mol. The summed E-state index contributed by atoms with van der Waals surface area (Å²) in [5.41, 5.74) is 2.97. The van der Waals surface area contributed by atoms with Crippen LogP contribution in [0.5, 0.6) is 0 Å². The fourth-order valence-electron chi connectivity index (χ4n) is 3.04. The van der Waals surface area contributed by atoms with Gasteiger partial charge in [-0.2, -0.15) is 0 Å². The molecule has 0 bridgehead atoms. The quantitative estimate of drug-likeness (QED) is 0.797. The largest absolute Gasteiger partial charge is 0.312 e. The Balaban J connectivity index is 1.60. The molecule has 0 atom stereocenters. The van der Waals surface area contributed by atoms with Gasteiger partial charge in [-0.15, -0.1) is 0 Å². The number of benzene rings is 2. The van der Waals surface area contributed by atoms with E-state index in [0.29, 0.717) is 13.1 Å². The average molecular weight is 358 g/mol. The van der Waals surface area contributed by atoms with Crippen molar-refractivity contribution in [3.05, 3.63) is 65.7 Å². The summed E-state index contributed by atoms with van der Waals surface area (Å²) >= 11 is 0. The van der Waals surface area contributed by atoms with Crippen LogP contribution in [-0.4, -0.2) is 38.0 Å². The van der Waals surface area contributed by atoms with Gasteiger partial charge in [0.25, 0.3) is 0 Å². The minimum absolute atomic E-state index is 0.00417. The molecule has 0 fully saturated rings. The maximum Gasteiger partial charge on any atom is 0.228 e. The lowest BCUT2D eigenvalue weighted by atomic mass is 10.2. The molecule has 1 heterocycles. The Hall–Kier alpha value is -2.18. The zero-order valence-corrected chi connectivity index (χ0v) is 15.1. The Morgan fingerprint density at radius 1 is 1.08 bits per heavy atom. The summed E-state index contributed by atoms with van der Waals surface area (Å²) in [5, 5.41) is 0. The van der Waals surface area contributed by atoms with Crippen LogP contribution in [-0.2, 0) is 27.8 Å². The first-order valence-electron chi connectivity index (χ1n) is 8.33. The second kappa shape index (κ2) is 7.37. The molecule has 5 nitrogen and oxygen atoms in total. The third-order valence-electron chi connectivity index (χ3n) is 4.49. The fraction of sp³-hybridized carbons (Fsp3) is 0.316. The highest BCUT2D eigenvalue weighted by atomic mass is 32.2. The van der Waals surface area contributed by atoms with Crippen molar-refractivity contribution in [2.24, 2.45) is 0 Å². The number of hydrogen-bond acceptors (Lipinski definition) is 3. The van der Waals surface area contributed by atoms with Gasteiger partial charge in [-0.05, 0) is 23.6 Å². The number of carbonyl (C=O) groups excluding carboxylic acids is 1. The molecular formula is C19H22N2O3S. The van der Waals surface area contributed by atoms with Gasteiger partial charge < -0.3 is 4.90 Å². The first-order valence-corrected chi connectivity index (χ1v) is 9.94. The molecule has 3 rings (SSSR count). The zero-order chi connectivity index (χ0) is 17.9. The van der Waals surface area contributed by atoms with Crippen molar-refractivity contribution in [1.82, 2.24) is 4.31 Å². The average Bonchev–Trinajstić information content (AvgIpc) is 3.05. The Morgan fingerprint density at radius 2 is 1.76 bits per heavy atom. The van der Waals surface area contributed by atoms with Crippen molar-refractivity contribution >= 4 is 21.6 Å². The maximum absolute atomic E-state index is 12.5. The van der Waals surface area contributed by atoms with Crippen molar-refractivity contribution in [3.8, 4) is 0 Å². The molecule has 0 unspecified atom stereocenters. The molecule has 132 valence electrons. The Labute approximate surface area is 148 Å². The molecule has 6 heteroatoms. The molecule has 1 aliphatic rings. The van der Waals surface area contributed by atoms with Crippen molar-refractivity contribution in [2.45, 2.75) is 19.4 Å². The maximum atomic E-state index is 12.5. The lowest BCUT2D eigenvalue weighted by Crippen LogP contribution is -2.34. The number of amides is 1. The minimum atomic E-state index is -3.47. The van der Waals surface area contributed by atoms with Gasteiger partial charge in [0.15, 0.2) is 0 Å². The van der Waals surface area contributed by atoms with Crippen molar-refractivity contribution in [3.63, 3.8) is 0 Å². The summed E-state index contributed by atoms with van der Waals surface area (Å²) in [6, 6.07) is 17.2. The van der Waals surface area contributed by atoms with Gasteiger partial charge in [0.05, 0.1) is 5.75 Å². The molecule has 0 aromatic heterocycles. The number of sulfonamides is 1. The molecule has 1 amide bonds. The van der Waals surface area contributed by atoms with Gasteiger partial charge in [-0.1, -0.05) is 48.5 Å². The van der Waals surface area contributed by atoms with E-state index in [1.807, 2.05) is 54.6 Å². The van der Waals surface area contributed by atoms with Crippen LogP contribution in [0.1, 0.15) is 17.5 Å². The molecule has 0 N–H and O–H groups in total. The second-order valence-corrected chi connectivity index (χ2v) is 8.43. The number of hydrogen-bond donors (Lipinski definition) is 0. The Bertz CT molecular complexity index is 850. The van der Waals surface area contributed by atoms with E-state index in [4.69, 9.17) is 0 Å². The van der Waals surface area contributed by atoms with Crippen LogP contribution in [0.25, 0.3) is 0 Å². The van der Waals surface area contributed by atoms with Crippen LogP contribution in [0.3, 0.4) is 0 Å². The first-order chi connectivity index (χ1) is 12.0. The second-order valence-electron chi connectivity index (χ2n) is 6.23. The summed E-state index contributed by atoms with van der Waals surface area (Å²) in [4.78, 5) is 14.2. The number of anilines is 1. The zero-order valence-electron chi connectivity index (χ0n) is 14.3. The lowest BCUT2D eigenvalue weighted by molar-refractivity contribution is -0.118. The van der Waals surface area contributed by atoms with Crippen LogP contribution in [0.15, 0.2) is 54.6 Å². The highest BCUT2D eigenvalue weighted by molar-refractivity contribution is 7.89. The standard InChI is InChI=1S/C19H22N2O3S/c1-20(15-16-7-3-2-4-8-16)25(23,24)14-12-19(22)21-13-11-17-9-5-6-10-18(17)21/h2-10H,11-15H2,1H3. The van der Waals surface area contributed by atoms with Crippen LogP contribution >= 0.6 is 0 Å². The van der Waals surface area contributed by atoms with Gasteiger partial charge in [-0.3, -0.25) is 4.79 Å². The van der Waals surface area contributed by atoms with E-state index < -0.39 is 10.0 Å². The highest BCUT2D eigenvalue weighted by Crippen LogP contribution is 2.28. The molecule has 2 aromatic rings. The number of para-hydroxylation sites is 1. The van der Waals surface area contributed by atoms with Gasteiger partial charge in [0.1, 0.15) is 0 Å². The van der Waals surface area contributed by atoms with Gasteiger partial charge in [-0.25, -0.2) is 12.7 Å². The van der Waals surface area contributed by atoms with E-state index in [9.17, 15) is 13.2 Å². The summed E-state index contributed by atoms with van der Waals surface area (Å²) in [7, 11) is -1.92. The lowest BCUT2D eigenvalue weighted by Gasteiger charge is -2.20. The van der Waals surface area contributed by atoms with Crippen molar-refractivity contribution < 1.29 is 13.2 Å². The number of carbonyl (C=O) groups is 1. The summed E-state index contributed by atoms with van der Waals surface area (Å²) < 4.78 is 26.2. The molecule has 2 aromatic carbocycles. The van der Waals surface area contributed by atoms with Crippen LogP contribution in [0.2, 0.25) is 0 Å². The minimum Gasteiger partial charge on any atom is -0.312 e. The van der Waals surface area contributed by atoms with E-state index in [1.165, 1.54) is 4.31 Å². The van der Waals surface area contributed by atoms with Crippen LogP contribution < -0.4 is 4.90 Å². The summed E-state index contributed by atoms with van der Waals surface area (Å²) in [6.07, 6.45) is 0.818. The number of rotatable bonds is 6. The molecule has 0 aliphatic carbocycles. The molecule has 0 spiro atoms. The van der Waals surface area contributed by atoms with Crippen LogP contribution in [0, 0.1) is 0 Å². The van der Waals surface area contributed by atoms with E-state index in [0.717, 1.165) is 23.2 Å². The van der Waals surface area contributed by atoms with E-state index in [1.54, 1.807) is 11.9 Å². The van der Waals surface area contributed by atoms with Gasteiger partial charge in [0.2, 0.25) is 15.9 Å². The van der Waals surface area contributed by atoms with Crippen molar-refractivity contribution in [2.75, 3.05) is 24.2 Å². The van der Waals surface area contributed by atoms with E-state index in [-0.39, 0.29) is 18.1 Å². The highest BCUT2D eigenvalue weighted by Gasteiger charge is 2.26. The predicted octanol–water partition coefficient (Wildman–Crippen LogP) is 2.43. The monoisotopic (exact) mass is 358 g/mol. The molecular weight excluding hydrogens is 336 g/mol. The third-order valence-corrected chi connectivity index (χ3v) is 6.28. The normalized spacial score (nSPS) is 13.9. The van der Waals surface area contributed by atoms with E-state index in [2.05, 4.69) is 0 Å². The number of fused-ring (bicyclic) bond motifs is 1. The molecule has 1 aliphatic heterocycles. The Kier molecular flexibility index (Phi) is 5.20. The first kappa shape index (κ1) is 17.6. The summed E-state index contributed by atoms with van der Waals surface area (Å²) in [6.45, 7) is 0.933. The molecule has 0 saturated heterocycles. The van der Waals surface area contributed by atoms with Crippen molar-refractivity contribution in [1.29, 1.82) is 0 Å². The van der Waals surface area contributed by atoms with Gasteiger partial charge >= 0.3 is 0 Å². The number of nitrogens with zero attached hydrogens (tertiary/aromatic N) is 2. The van der Waals surface area contributed by atoms with Crippen LogP contribution in [0.4, 0.5) is 5.69 Å². The molecule has 0 saturated carbocycles. The smallest absolute Gasteiger partial charge is 0.228 e. The SMILES string of the molecule is CN(Cc1ccccc1)S(=O)(=O)CCC(=O)N1CCc2ccccc21. The third kappa shape index (κ3) is 4.08. The Morgan fingerprint density at radius 3 is 2.52 bits per heavy atom. The molecule has 25 heavy (non-hydrogen) atoms. The molecule has 0 radical (unpaired) electrons. The summed E-state index contributed by atoms with van der Waals surface area (Å²) in [5.74, 6) is -0.310. The van der Waals surface area contributed by atoms with E-state index >= 15 is 0 Å². The topological polar surface area (TPSA) is 57.7 Å². The van der Waals surface area contributed by atoms with Gasteiger partial charge in [0, 0.05) is 32.2 Å². The fourth-order valence-corrected chi connectivity index (χ4v) is 4.13.